The summed E-state index contributed by atoms with van der Waals surface area (Å²) < 4.78 is 0. The summed E-state index contributed by atoms with van der Waals surface area (Å²) >= 11 is 0. The van der Waals surface area contributed by atoms with Crippen molar-refractivity contribution in [3.05, 3.63) is 29.3 Å². The molecule has 0 aliphatic rings. The van der Waals surface area contributed by atoms with Crippen LogP contribution < -0.4 is 10.6 Å². The molecular formula is C16H24N2O2. The van der Waals surface area contributed by atoms with Crippen molar-refractivity contribution in [2.45, 2.75) is 47.1 Å². The lowest BCUT2D eigenvalue weighted by atomic mass is 10.0. The highest BCUT2D eigenvalue weighted by Crippen LogP contribution is 2.21. The normalized spacial score (nSPS) is 12.1. The molecule has 20 heavy (non-hydrogen) atoms. The number of amides is 2. The standard InChI is InChI=1S/C16H24N2O2/c1-6-13-9-7-8-11(4)15(13)18-16(20)14(10(2)3)17-12(5)19/h7-10,14H,6H2,1-5H3,(H,17,19)(H,18,20). The van der Waals surface area contributed by atoms with E-state index in [1.807, 2.05) is 39.0 Å². The first kappa shape index (κ1) is 16.2. The summed E-state index contributed by atoms with van der Waals surface area (Å²) in [5.41, 5.74) is 2.99. The summed E-state index contributed by atoms with van der Waals surface area (Å²) in [5.74, 6) is -0.327. The van der Waals surface area contributed by atoms with Crippen LogP contribution in [0.2, 0.25) is 0 Å². The number of aryl methyl sites for hydroxylation is 2. The van der Waals surface area contributed by atoms with E-state index in [4.69, 9.17) is 0 Å². The van der Waals surface area contributed by atoms with Crippen LogP contribution in [0.1, 0.15) is 38.8 Å². The Bertz CT molecular complexity index is 495. The molecule has 0 aliphatic heterocycles. The van der Waals surface area contributed by atoms with Gasteiger partial charge >= 0.3 is 0 Å². The monoisotopic (exact) mass is 276 g/mol. The van der Waals surface area contributed by atoms with Gasteiger partial charge in [-0.2, -0.15) is 0 Å². The van der Waals surface area contributed by atoms with Crippen molar-refractivity contribution in [3.63, 3.8) is 0 Å². The molecule has 0 bridgehead atoms. The lowest BCUT2D eigenvalue weighted by Crippen LogP contribution is -2.46. The molecule has 1 aromatic carbocycles. The van der Waals surface area contributed by atoms with Gasteiger partial charge in [0.05, 0.1) is 0 Å². The fourth-order valence-corrected chi connectivity index (χ4v) is 2.16. The summed E-state index contributed by atoms with van der Waals surface area (Å²) in [5, 5.41) is 5.67. The second-order valence-corrected chi connectivity index (χ2v) is 5.37. The van der Waals surface area contributed by atoms with Crippen LogP contribution in [0.4, 0.5) is 5.69 Å². The highest BCUT2D eigenvalue weighted by molar-refractivity contribution is 5.98. The Kier molecular flexibility index (Phi) is 5.74. The molecule has 1 atom stereocenters. The fourth-order valence-electron chi connectivity index (χ4n) is 2.16. The topological polar surface area (TPSA) is 58.2 Å². The molecule has 0 heterocycles. The van der Waals surface area contributed by atoms with Gasteiger partial charge in [0.1, 0.15) is 6.04 Å². The molecule has 4 heteroatoms. The number of carbonyl (C=O) groups excluding carboxylic acids is 2. The van der Waals surface area contributed by atoms with E-state index in [1.165, 1.54) is 6.92 Å². The largest absolute Gasteiger partial charge is 0.344 e. The molecule has 0 fully saturated rings. The van der Waals surface area contributed by atoms with E-state index in [9.17, 15) is 9.59 Å². The number of anilines is 1. The van der Waals surface area contributed by atoms with Crippen molar-refractivity contribution in [1.82, 2.24) is 5.32 Å². The number of nitrogens with one attached hydrogen (secondary N) is 2. The van der Waals surface area contributed by atoms with E-state index in [2.05, 4.69) is 17.6 Å². The highest BCUT2D eigenvalue weighted by Gasteiger charge is 2.23. The second kappa shape index (κ2) is 7.08. The van der Waals surface area contributed by atoms with Crippen LogP contribution in [0.5, 0.6) is 0 Å². The van der Waals surface area contributed by atoms with Crippen LogP contribution in [0.3, 0.4) is 0 Å². The van der Waals surface area contributed by atoms with Crippen molar-refractivity contribution in [1.29, 1.82) is 0 Å². The Balaban J connectivity index is 2.96. The Morgan fingerprint density at radius 1 is 1.25 bits per heavy atom. The predicted octanol–water partition coefficient (Wildman–Crippen LogP) is 2.66. The van der Waals surface area contributed by atoms with Gasteiger partial charge < -0.3 is 10.6 Å². The van der Waals surface area contributed by atoms with E-state index in [0.717, 1.165) is 23.2 Å². The van der Waals surface area contributed by atoms with Gasteiger partial charge in [-0.3, -0.25) is 9.59 Å². The number of para-hydroxylation sites is 1. The summed E-state index contributed by atoms with van der Waals surface area (Å²) in [6.07, 6.45) is 0.851. The van der Waals surface area contributed by atoms with Crippen LogP contribution in [0.15, 0.2) is 18.2 Å². The predicted molar refractivity (Wildman–Crippen MR) is 81.6 cm³/mol. The maximum absolute atomic E-state index is 12.4. The van der Waals surface area contributed by atoms with E-state index < -0.39 is 6.04 Å². The zero-order valence-electron chi connectivity index (χ0n) is 12.9. The molecule has 1 unspecified atom stereocenters. The summed E-state index contributed by atoms with van der Waals surface area (Å²) in [6.45, 7) is 9.28. The smallest absolute Gasteiger partial charge is 0.247 e. The quantitative estimate of drug-likeness (QED) is 0.868. The van der Waals surface area contributed by atoms with Gasteiger partial charge in [-0.25, -0.2) is 0 Å². The molecule has 4 nitrogen and oxygen atoms in total. The van der Waals surface area contributed by atoms with Gasteiger partial charge in [-0.15, -0.1) is 0 Å². The summed E-state index contributed by atoms with van der Waals surface area (Å²) in [6, 6.07) is 5.44. The molecule has 2 amide bonds. The van der Waals surface area contributed by atoms with Gasteiger partial charge in [-0.05, 0) is 30.4 Å². The molecule has 1 aromatic rings. The third-order valence-corrected chi connectivity index (χ3v) is 3.30. The Hall–Kier alpha value is -1.84. The van der Waals surface area contributed by atoms with Gasteiger partial charge in [-0.1, -0.05) is 39.0 Å². The van der Waals surface area contributed by atoms with Crippen molar-refractivity contribution < 1.29 is 9.59 Å². The molecule has 0 aliphatic carbocycles. The van der Waals surface area contributed by atoms with Crippen molar-refractivity contribution in [2.75, 3.05) is 5.32 Å². The zero-order valence-corrected chi connectivity index (χ0v) is 12.9. The van der Waals surface area contributed by atoms with Crippen LogP contribution in [-0.4, -0.2) is 17.9 Å². The summed E-state index contributed by atoms with van der Waals surface area (Å²) in [7, 11) is 0. The first-order valence-electron chi connectivity index (χ1n) is 7.03. The number of hydrogen-bond acceptors (Lipinski definition) is 2. The third kappa shape index (κ3) is 4.08. The van der Waals surface area contributed by atoms with Crippen LogP contribution >= 0.6 is 0 Å². The molecule has 110 valence electrons. The molecule has 1 rings (SSSR count). The van der Waals surface area contributed by atoms with Crippen LogP contribution in [-0.2, 0) is 16.0 Å². The maximum atomic E-state index is 12.4. The van der Waals surface area contributed by atoms with Gasteiger partial charge in [0.15, 0.2) is 0 Å². The minimum Gasteiger partial charge on any atom is -0.344 e. The maximum Gasteiger partial charge on any atom is 0.247 e. The summed E-state index contributed by atoms with van der Waals surface area (Å²) in [4.78, 5) is 23.6. The van der Waals surface area contributed by atoms with Crippen molar-refractivity contribution in [2.24, 2.45) is 5.92 Å². The Labute approximate surface area is 121 Å². The second-order valence-electron chi connectivity index (χ2n) is 5.37. The van der Waals surface area contributed by atoms with E-state index >= 15 is 0 Å². The minimum atomic E-state index is -0.517. The van der Waals surface area contributed by atoms with Crippen molar-refractivity contribution >= 4 is 17.5 Å². The average Bonchev–Trinajstić information content (AvgIpc) is 2.37. The number of rotatable bonds is 5. The number of carbonyl (C=O) groups is 2. The molecule has 0 saturated carbocycles. The van der Waals surface area contributed by atoms with Crippen LogP contribution in [0, 0.1) is 12.8 Å². The first-order valence-corrected chi connectivity index (χ1v) is 7.03. The molecule has 0 radical (unpaired) electrons. The van der Waals surface area contributed by atoms with Gasteiger partial charge in [0.25, 0.3) is 0 Å². The third-order valence-electron chi connectivity index (χ3n) is 3.30. The van der Waals surface area contributed by atoms with Gasteiger partial charge in [0.2, 0.25) is 11.8 Å². The molecular weight excluding hydrogens is 252 g/mol. The lowest BCUT2D eigenvalue weighted by molar-refractivity contribution is -0.126. The zero-order chi connectivity index (χ0) is 15.3. The number of benzene rings is 1. The SMILES string of the molecule is CCc1cccc(C)c1NC(=O)C(NC(C)=O)C(C)C. The van der Waals surface area contributed by atoms with E-state index in [0.29, 0.717) is 0 Å². The molecule has 0 aromatic heterocycles. The Morgan fingerprint density at radius 2 is 1.90 bits per heavy atom. The fraction of sp³-hybridized carbons (Fsp3) is 0.500. The lowest BCUT2D eigenvalue weighted by Gasteiger charge is -2.22. The van der Waals surface area contributed by atoms with Gasteiger partial charge in [0, 0.05) is 12.6 Å². The number of hydrogen-bond donors (Lipinski definition) is 2. The first-order chi connectivity index (χ1) is 9.36. The molecule has 0 spiro atoms. The molecule has 2 N–H and O–H groups in total. The van der Waals surface area contributed by atoms with E-state index in [1.54, 1.807) is 0 Å². The van der Waals surface area contributed by atoms with Crippen LogP contribution in [0.25, 0.3) is 0 Å². The highest BCUT2D eigenvalue weighted by atomic mass is 16.2. The van der Waals surface area contributed by atoms with E-state index in [-0.39, 0.29) is 17.7 Å². The van der Waals surface area contributed by atoms with Crippen molar-refractivity contribution in [3.8, 4) is 0 Å². The minimum absolute atomic E-state index is 0.0352. The average molecular weight is 276 g/mol. The molecule has 0 saturated heterocycles. The Morgan fingerprint density at radius 3 is 2.40 bits per heavy atom.